The highest BCUT2D eigenvalue weighted by atomic mass is 28.4. The fourth-order valence-electron chi connectivity index (χ4n) is 1.49. The first-order valence-corrected chi connectivity index (χ1v) is 8.63. The van der Waals surface area contributed by atoms with Crippen molar-refractivity contribution >= 4 is 14.8 Å². The zero-order chi connectivity index (χ0) is 14.7. The minimum absolute atomic E-state index is 0.349. The summed E-state index contributed by atoms with van der Waals surface area (Å²) < 4.78 is 22.0. The van der Waals surface area contributed by atoms with Crippen LogP contribution in [-0.4, -0.2) is 41.2 Å². The van der Waals surface area contributed by atoms with Gasteiger partial charge in [0.25, 0.3) is 0 Å². The van der Waals surface area contributed by atoms with Crippen molar-refractivity contribution in [1.29, 1.82) is 0 Å². The SMILES string of the molecule is CCCOC(=O)C(C)=C[Si](OCC)(OCC)OCC. The molecule has 112 valence electrons. The lowest BCUT2D eigenvalue weighted by Gasteiger charge is -2.25. The van der Waals surface area contributed by atoms with Crippen LogP contribution in [0, 0.1) is 0 Å². The molecule has 0 amide bonds. The van der Waals surface area contributed by atoms with Crippen LogP contribution >= 0.6 is 0 Å². The van der Waals surface area contributed by atoms with Crippen LogP contribution in [-0.2, 0) is 22.8 Å². The van der Waals surface area contributed by atoms with Gasteiger partial charge in [0.2, 0.25) is 0 Å². The van der Waals surface area contributed by atoms with E-state index < -0.39 is 8.80 Å². The normalized spacial score (nSPS) is 12.6. The van der Waals surface area contributed by atoms with E-state index in [0.29, 0.717) is 32.0 Å². The van der Waals surface area contributed by atoms with Gasteiger partial charge >= 0.3 is 14.8 Å². The fourth-order valence-corrected chi connectivity index (χ4v) is 3.84. The number of carbonyl (C=O) groups is 1. The van der Waals surface area contributed by atoms with Crippen LogP contribution in [0.2, 0.25) is 0 Å². The standard InChI is InChI=1S/C13H26O5Si/c1-6-10-15-13(14)12(5)11-19(16-7-2,17-8-3)18-9-4/h11H,6-10H2,1-5H3. The Balaban J connectivity index is 4.96. The summed E-state index contributed by atoms with van der Waals surface area (Å²) in [6.07, 6.45) is 0.796. The maximum Gasteiger partial charge on any atom is 0.530 e. The van der Waals surface area contributed by atoms with Gasteiger partial charge in [-0.3, -0.25) is 0 Å². The highest BCUT2D eigenvalue weighted by Gasteiger charge is 2.39. The summed E-state index contributed by atoms with van der Waals surface area (Å²) in [5, 5.41) is 0. The van der Waals surface area contributed by atoms with Crippen molar-refractivity contribution < 1.29 is 22.8 Å². The molecule has 0 aromatic rings. The van der Waals surface area contributed by atoms with E-state index in [-0.39, 0.29) is 5.97 Å². The second kappa shape index (κ2) is 10.1. The monoisotopic (exact) mass is 290 g/mol. The Morgan fingerprint density at radius 2 is 1.47 bits per heavy atom. The average Bonchev–Trinajstić information content (AvgIpc) is 2.36. The van der Waals surface area contributed by atoms with Gasteiger partial charge < -0.3 is 18.0 Å². The Hall–Kier alpha value is -0.693. The second-order valence-corrected chi connectivity index (χ2v) is 6.23. The van der Waals surface area contributed by atoms with E-state index in [1.807, 2.05) is 27.7 Å². The Bertz CT molecular complexity index is 274. The van der Waals surface area contributed by atoms with E-state index in [4.69, 9.17) is 18.0 Å². The summed E-state index contributed by atoms with van der Waals surface area (Å²) in [5.74, 6) is -0.349. The minimum Gasteiger partial charge on any atom is -0.462 e. The van der Waals surface area contributed by atoms with Gasteiger partial charge in [-0.05, 0) is 39.8 Å². The maximum absolute atomic E-state index is 11.8. The van der Waals surface area contributed by atoms with Crippen molar-refractivity contribution in [2.24, 2.45) is 0 Å². The first-order chi connectivity index (χ1) is 9.05. The number of hydrogen-bond donors (Lipinski definition) is 0. The molecule has 0 aliphatic heterocycles. The van der Waals surface area contributed by atoms with Gasteiger partial charge in [-0.1, -0.05) is 6.92 Å². The highest BCUT2D eigenvalue weighted by Crippen LogP contribution is 2.15. The predicted octanol–water partition coefficient (Wildman–Crippen LogP) is 2.47. The lowest BCUT2D eigenvalue weighted by molar-refractivity contribution is -0.139. The molecule has 19 heavy (non-hydrogen) atoms. The molecule has 0 atom stereocenters. The van der Waals surface area contributed by atoms with Crippen LogP contribution in [0.4, 0.5) is 0 Å². The first kappa shape index (κ1) is 18.3. The number of rotatable bonds is 10. The van der Waals surface area contributed by atoms with Gasteiger partial charge in [-0.15, -0.1) is 0 Å². The van der Waals surface area contributed by atoms with Crippen LogP contribution in [0.25, 0.3) is 0 Å². The van der Waals surface area contributed by atoms with E-state index >= 15 is 0 Å². The van der Waals surface area contributed by atoms with E-state index in [9.17, 15) is 4.79 Å². The molecule has 0 saturated heterocycles. The van der Waals surface area contributed by atoms with Crippen molar-refractivity contribution in [3.63, 3.8) is 0 Å². The van der Waals surface area contributed by atoms with Gasteiger partial charge in [-0.25, -0.2) is 4.79 Å². The quantitative estimate of drug-likeness (QED) is 0.351. The molecule has 0 N–H and O–H groups in total. The summed E-state index contributed by atoms with van der Waals surface area (Å²) in [6, 6.07) is 0. The lowest BCUT2D eigenvalue weighted by Crippen LogP contribution is -2.45. The van der Waals surface area contributed by atoms with Crippen LogP contribution in [0.15, 0.2) is 11.3 Å². The Labute approximate surface area is 117 Å². The predicted molar refractivity (Wildman–Crippen MR) is 75.6 cm³/mol. The molecule has 0 aliphatic carbocycles. The summed E-state index contributed by atoms with van der Waals surface area (Å²) in [7, 11) is -2.92. The van der Waals surface area contributed by atoms with Crippen LogP contribution in [0.1, 0.15) is 41.0 Å². The first-order valence-electron chi connectivity index (χ1n) is 6.83. The summed E-state index contributed by atoms with van der Waals surface area (Å²) >= 11 is 0. The third-order valence-electron chi connectivity index (χ3n) is 2.19. The summed E-state index contributed by atoms with van der Waals surface area (Å²) in [4.78, 5) is 11.8. The van der Waals surface area contributed by atoms with Crippen molar-refractivity contribution in [1.82, 2.24) is 0 Å². The molecule has 0 saturated carbocycles. The van der Waals surface area contributed by atoms with Crippen molar-refractivity contribution in [3.05, 3.63) is 11.3 Å². The number of carbonyl (C=O) groups excluding carboxylic acids is 1. The smallest absolute Gasteiger partial charge is 0.462 e. The molecule has 0 fully saturated rings. The van der Waals surface area contributed by atoms with Gasteiger partial charge in [-0.2, -0.15) is 0 Å². The molecule has 0 rings (SSSR count). The Morgan fingerprint density at radius 1 is 1.00 bits per heavy atom. The molecule has 6 heteroatoms. The molecular weight excluding hydrogens is 264 g/mol. The summed E-state index contributed by atoms with van der Waals surface area (Å²) in [6.45, 7) is 11.1. The van der Waals surface area contributed by atoms with Crippen molar-refractivity contribution in [3.8, 4) is 0 Å². The zero-order valence-electron chi connectivity index (χ0n) is 12.7. The highest BCUT2D eigenvalue weighted by molar-refractivity contribution is 6.66. The van der Waals surface area contributed by atoms with E-state index in [1.54, 1.807) is 12.6 Å². The molecule has 0 unspecified atom stereocenters. The van der Waals surface area contributed by atoms with Crippen molar-refractivity contribution in [2.45, 2.75) is 41.0 Å². The Kier molecular flexibility index (Phi) is 9.77. The molecule has 0 bridgehead atoms. The average molecular weight is 290 g/mol. The molecule has 0 aromatic carbocycles. The van der Waals surface area contributed by atoms with E-state index in [1.165, 1.54) is 0 Å². The van der Waals surface area contributed by atoms with Crippen LogP contribution in [0.5, 0.6) is 0 Å². The zero-order valence-corrected chi connectivity index (χ0v) is 13.7. The molecule has 0 heterocycles. The third kappa shape index (κ3) is 6.86. The topological polar surface area (TPSA) is 54.0 Å². The van der Waals surface area contributed by atoms with Crippen molar-refractivity contribution in [2.75, 3.05) is 26.4 Å². The molecule has 5 nitrogen and oxygen atoms in total. The number of hydrogen-bond acceptors (Lipinski definition) is 5. The second-order valence-electron chi connectivity index (χ2n) is 3.87. The van der Waals surface area contributed by atoms with Gasteiger partial charge in [0, 0.05) is 25.4 Å². The van der Waals surface area contributed by atoms with E-state index in [0.717, 1.165) is 6.42 Å². The fraction of sp³-hybridized carbons (Fsp3) is 0.769. The van der Waals surface area contributed by atoms with Gasteiger partial charge in [0.05, 0.1) is 6.61 Å². The number of ether oxygens (including phenoxy) is 1. The van der Waals surface area contributed by atoms with E-state index in [2.05, 4.69) is 0 Å². The van der Waals surface area contributed by atoms with Crippen LogP contribution < -0.4 is 0 Å². The molecule has 0 aromatic heterocycles. The lowest BCUT2D eigenvalue weighted by atomic mass is 10.4. The number of esters is 1. The van der Waals surface area contributed by atoms with Gasteiger partial charge in [0.15, 0.2) is 0 Å². The minimum atomic E-state index is -2.92. The summed E-state index contributed by atoms with van der Waals surface area (Å²) in [5.41, 5.74) is 2.14. The largest absolute Gasteiger partial charge is 0.530 e. The molecule has 0 aliphatic rings. The molecule has 0 radical (unpaired) electrons. The van der Waals surface area contributed by atoms with Crippen LogP contribution in [0.3, 0.4) is 0 Å². The molecular formula is C13H26O5Si. The maximum atomic E-state index is 11.8. The molecule has 0 spiro atoms. The Morgan fingerprint density at radius 3 is 1.84 bits per heavy atom. The van der Waals surface area contributed by atoms with Gasteiger partial charge in [0.1, 0.15) is 0 Å². The third-order valence-corrected chi connectivity index (χ3v) is 5.05.